The van der Waals surface area contributed by atoms with E-state index in [0.29, 0.717) is 11.4 Å². The van der Waals surface area contributed by atoms with Gasteiger partial charge in [-0.05, 0) is 31.2 Å². The molecule has 5 nitrogen and oxygen atoms in total. The van der Waals surface area contributed by atoms with Crippen LogP contribution >= 0.6 is 11.6 Å². The second-order valence-corrected chi connectivity index (χ2v) is 5.19. The van der Waals surface area contributed by atoms with E-state index in [9.17, 15) is 9.59 Å². The molecule has 2 N–H and O–H groups in total. The first-order valence-electron chi connectivity index (χ1n) is 6.60. The van der Waals surface area contributed by atoms with Crippen LogP contribution in [0.2, 0.25) is 5.02 Å². The van der Waals surface area contributed by atoms with E-state index in [-0.39, 0.29) is 24.4 Å². The summed E-state index contributed by atoms with van der Waals surface area (Å²) in [6.07, 6.45) is 0.619. The molecule has 1 aromatic rings. The van der Waals surface area contributed by atoms with Crippen LogP contribution in [-0.4, -0.2) is 31.4 Å². The van der Waals surface area contributed by atoms with Gasteiger partial charge in [0.2, 0.25) is 11.8 Å². The van der Waals surface area contributed by atoms with Crippen LogP contribution in [0.4, 0.5) is 5.69 Å². The molecule has 1 atom stereocenters. The third-order valence-corrected chi connectivity index (χ3v) is 3.65. The zero-order chi connectivity index (χ0) is 14.7. The number of anilines is 1. The second-order valence-electron chi connectivity index (χ2n) is 4.78. The molecule has 2 amide bonds. The van der Waals surface area contributed by atoms with Crippen molar-refractivity contribution in [3.63, 3.8) is 0 Å². The Bertz CT molecular complexity index is 533. The fourth-order valence-electron chi connectivity index (χ4n) is 2.42. The Balaban J connectivity index is 2.33. The summed E-state index contributed by atoms with van der Waals surface area (Å²) in [5, 5.41) is 5.97. The molecule has 108 valence electrons. The monoisotopic (exact) mass is 295 g/mol. The largest absolute Gasteiger partial charge is 0.349 e. The summed E-state index contributed by atoms with van der Waals surface area (Å²) in [5.41, 5.74) is 1.78. The number of amides is 2. The number of imide groups is 1. The van der Waals surface area contributed by atoms with Crippen molar-refractivity contribution in [2.75, 3.05) is 18.5 Å². The van der Waals surface area contributed by atoms with Gasteiger partial charge in [0, 0.05) is 6.54 Å². The Labute approximate surface area is 123 Å². The van der Waals surface area contributed by atoms with Crippen LogP contribution in [0.3, 0.4) is 0 Å². The van der Waals surface area contributed by atoms with Gasteiger partial charge in [-0.3, -0.25) is 14.9 Å². The molecule has 0 saturated carbocycles. The quantitative estimate of drug-likeness (QED) is 0.822. The van der Waals surface area contributed by atoms with Crippen LogP contribution in [0.25, 0.3) is 0 Å². The zero-order valence-electron chi connectivity index (χ0n) is 11.6. The number of halogens is 1. The predicted octanol–water partition coefficient (Wildman–Crippen LogP) is 1.30. The zero-order valence-corrected chi connectivity index (χ0v) is 12.3. The van der Waals surface area contributed by atoms with Crippen LogP contribution in [0.5, 0.6) is 0 Å². The summed E-state index contributed by atoms with van der Waals surface area (Å²) in [7, 11) is 1.86. The Kier molecular flexibility index (Phi) is 4.62. The van der Waals surface area contributed by atoms with Gasteiger partial charge in [0.1, 0.15) is 6.04 Å². The normalized spacial score (nSPS) is 19.1. The lowest BCUT2D eigenvalue weighted by atomic mass is 10.1. The van der Waals surface area contributed by atoms with Crippen LogP contribution in [0.1, 0.15) is 18.9 Å². The highest BCUT2D eigenvalue weighted by Gasteiger charge is 2.33. The molecule has 1 fully saturated rings. The van der Waals surface area contributed by atoms with Gasteiger partial charge in [-0.2, -0.15) is 0 Å². The van der Waals surface area contributed by atoms with Crippen LogP contribution < -0.4 is 15.5 Å². The van der Waals surface area contributed by atoms with Gasteiger partial charge in [0.05, 0.1) is 17.3 Å². The van der Waals surface area contributed by atoms with Gasteiger partial charge in [0.15, 0.2) is 0 Å². The number of carbonyl (C=O) groups excluding carboxylic acids is 2. The minimum atomic E-state index is -0.361. The van der Waals surface area contributed by atoms with Crippen molar-refractivity contribution in [2.45, 2.75) is 25.9 Å². The molecule has 1 heterocycles. The Morgan fingerprint density at radius 1 is 1.45 bits per heavy atom. The number of carbonyl (C=O) groups is 2. The Morgan fingerprint density at radius 3 is 2.80 bits per heavy atom. The summed E-state index contributed by atoms with van der Waals surface area (Å²) in [6.45, 7) is 2.78. The van der Waals surface area contributed by atoms with Gasteiger partial charge in [0.25, 0.3) is 0 Å². The maximum Gasteiger partial charge on any atom is 0.249 e. The standard InChI is InChI=1S/C14H18ClN3O2/c1-3-11-14(20)17-13(19)8-18(11)12-5-4-9(7-16-2)6-10(12)15/h4-6,11,16H,3,7-8H2,1-2H3,(H,17,19,20). The minimum Gasteiger partial charge on any atom is -0.349 e. The molecule has 1 unspecified atom stereocenters. The van der Waals surface area contributed by atoms with Gasteiger partial charge >= 0.3 is 0 Å². The van der Waals surface area contributed by atoms with E-state index in [4.69, 9.17) is 11.6 Å². The molecule has 20 heavy (non-hydrogen) atoms. The average molecular weight is 296 g/mol. The van der Waals surface area contributed by atoms with Gasteiger partial charge in [-0.1, -0.05) is 24.6 Å². The summed E-state index contributed by atoms with van der Waals surface area (Å²) < 4.78 is 0. The molecule has 0 aliphatic carbocycles. The summed E-state index contributed by atoms with van der Waals surface area (Å²) >= 11 is 6.30. The fourth-order valence-corrected chi connectivity index (χ4v) is 2.73. The lowest BCUT2D eigenvalue weighted by Crippen LogP contribution is -2.58. The summed E-state index contributed by atoms with van der Waals surface area (Å²) in [4.78, 5) is 25.2. The van der Waals surface area contributed by atoms with Crippen molar-refractivity contribution in [1.82, 2.24) is 10.6 Å². The van der Waals surface area contributed by atoms with Crippen molar-refractivity contribution in [3.05, 3.63) is 28.8 Å². The van der Waals surface area contributed by atoms with E-state index < -0.39 is 0 Å². The third-order valence-electron chi connectivity index (χ3n) is 3.34. The van der Waals surface area contributed by atoms with Crippen LogP contribution in [0.15, 0.2) is 18.2 Å². The first-order chi connectivity index (χ1) is 9.56. The molecule has 0 aromatic heterocycles. The first-order valence-corrected chi connectivity index (χ1v) is 6.98. The van der Waals surface area contributed by atoms with Crippen molar-refractivity contribution >= 4 is 29.1 Å². The number of hydrogen-bond donors (Lipinski definition) is 2. The Hall–Kier alpha value is -1.59. The fraction of sp³-hybridized carbons (Fsp3) is 0.429. The lowest BCUT2D eigenvalue weighted by Gasteiger charge is -2.35. The molecular weight excluding hydrogens is 278 g/mol. The number of hydrogen-bond acceptors (Lipinski definition) is 4. The van der Waals surface area contributed by atoms with E-state index in [0.717, 1.165) is 17.8 Å². The topological polar surface area (TPSA) is 61.4 Å². The van der Waals surface area contributed by atoms with Gasteiger partial charge in [-0.25, -0.2) is 0 Å². The van der Waals surface area contributed by atoms with E-state index >= 15 is 0 Å². The predicted molar refractivity (Wildman–Crippen MR) is 78.8 cm³/mol. The maximum atomic E-state index is 11.9. The van der Waals surface area contributed by atoms with Gasteiger partial charge in [-0.15, -0.1) is 0 Å². The van der Waals surface area contributed by atoms with E-state index in [2.05, 4.69) is 10.6 Å². The molecule has 6 heteroatoms. The van der Waals surface area contributed by atoms with Crippen LogP contribution in [-0.2, 0) is 16.1 Å². The van der Waals surface area contributed by atoms with Gasteiger partial charge < -0.3 is 10.2 Å². The molecule has 2 rings (SSSR count). The smallest absolute Gasteiger partial charge is 0.249 e. The van der Waals surface area contributed by atoms with Crippen molar-refractivity contribution < 1.29 is 9.59 Å². The van der Waals surface area contributed by atoms with E-state index in [1.807, 2.05) is 32.2 Å². The highest BCUT2D eigenvalue weighted by atomic mass is 35.5. The van der Waals surface area contributed by atoms with Crippen LogP contribution in [0, 0.1) is 0 Å². The molecular formula is C14H18ClN3O2. The third kappa shape index (κ3) is 2.94. The summed E-state index contributed by atoms with van der Waals surface area (Å²) in [5.74, 6) is -0.561. The number of nitrogens with one attached hydrogen (secondary N) is 2. The molecule has 1 aliphatic rings. The van der Waals surface area contributed by atoms with E-state index in [1.54, 1.807) is 4.90 Å². The van der Waals surface area contributed by atoms with Crippen molar-refractivity contribution in [2.24, 2.45) is 0 Å². The molecule has 0 spiro atoms. The van der Waals surface area contributed by atoms with E-state index in [1.165, 1.54) is 0 Å². The molecule has 1 aromatic carbocycles. The van der Waals surface area contributed by atoms with Crippen molar-refractivity contribution in [1.29, 1.82) is 0 Å². The highest BCUT2D eigenvalue weighted by molar-refractivity contribution is 6.33. The second kappa shape index (κ2) is 6.24. The van der Waals surface area contributed by atoms with Crippen molar-refractivity contribution in [3.8, 4) is 0 Å². The number of nitrogens with zero attached hydrogens (tertiary/aromatic N) is 1. The Morgan fingerprint density at radius 2 is 2.20 bits per heavy atom. The first kappa shape index (κ1) is 14.8. The minimum absolute atomic E-state index is 0.148. The molecule has 0 radical (unpaired) electrons. The highest BCUT2D eigenvalue weighted by Crippen LogP contribution is 2.30. The molecule has 1 aliphatic heterocycles. The molecule has 0 bridgehead atoms. The number of piperazine rings is 1. The number of rotatable bonds is 4. The number of benzene rings is 1. The maximum absolute atomic E-state index is 11.9. The molecule has 1 saturated heterocycles. The average Bonchev–Trinajstić information content (AvgIpc) is 2.38. The summed E-state index contributed by atoms with van der Waals surface area (Å²) in [6, 6.07) is 5.31. The SMILES string of the molecule is CCC1C(=O)NC(=O)CN1c1ccc(CNC)cc1Cl. The lowest BCUT2D eigenvalue weighted by molar-refractivity contribution is -0.132.